The highest BCUT2D eigenvalue weighted by molar-refractivity contribution is 7.73. The van der Waals surface area contributed by atoms with Crippen molar-refractivity contribution in [1.82, 2.24) is 4.90 Å². The molecule has 2 rings (SSSR count). The summed E-state index contributed by atoms with van der Waals surface area (Å²) in [7, 11) is 1.96. The van der Waals surface area contributed by atoms with Crippen LogP contribution in [0.5, 0.6) is 0 Å². The van der Waals surface area contributed by atoms with E-state index >= 15 is 0 Å². The summed E-state index contributed by atoms with van der Waals surface area (Å²) in [4.78, 5) is 2.55. The second-order valence-electron chi connectivity index (χ2n) is 6.85. The zero-order chi connectivity index (χ0) is 16.8. The van der Waals surface area contributed by atoms with Gasteiger partial charge in [-0.3, -0.25) is 0 Å². The summed E-state index contributed by atoms with van der Waals surface area (Å²) in [5, 5.41) is 2.97. The van der Waals surface area contributed by atoms with E-state index in [1.165, 1.54) is 16.8 Å². The Morgan fingerprint density at radius 3 is 1.57 bits per heavy atom. The van der Waals surface area contributed by atoms with E-state index < -0.39 is 0 Å². The maximum Gasteiger partial charge on any atom is 0.0163 e. The molecule has 0 saturated carbocycles. The van der Waals surface area contributed by atoms with Crippen molar-refractivity contribution < 1.29 is 0 Å². The van der Waals surface area contributed by atoms with Crippen LogP contribution in [0.15, 0.2) is 60.7 Å². The van der Waals surface area contributed by atoms with Crippen molar-refractivity contribution in [2.24, 2.45) is 5.92 Å². The molecule has 0 saturated heterocycles. The summed E-state index contributed by atoms with van der Waals surface area (Å²) in [6.07, 6.45) is 1.22. The van der Waals surface area contributed by atoms with E-state index in [0.29, 0.717) is 18.0 Å². The Labute approximate surface area is 143 Å². The van der Waals surface area contributed by atoms with Crippen LogP contribution in [0.3, 0.4) is 0 Å². The molecule has 0 aromatic heterocycles. The molecule has 1 nitrogen and oxygen atoms in total. The van der Waals surface area contributed by atoms with Crippen molar-refractivity contribution in [3.63, 3.8) is 0 Å². The molecule has 0 spiro atoms. The average molecular weight is 327 g/mol. The molecule has 0 aliphatic heterocycles. The Morgan fingerprint density at radius 2 is 1.22 bits per heavy atom. The molecule has 0 heterocycles. The van der Waals surface area contributed by atoms with Gasteiger partial charge >= 0.3 is 0 Å². The first kappa shape index (κ1) is 18.2. The molecule has 124 valence electrons. The third kappa shape index (κ3) is 4.90. The monoisotopic (exact) mass is 327 g/mol. The lowest BCUT2D eigenvalue weighted by Gasteiger charge is -2.37. The smallest absolute Gasteiger partial charge is 0.0163 e. The first-order chi connectivity index (χ1) is 11.0. The highest BCUT2D eigenvalue weighted by atomic mass is 31.1. The summed E-state index contributed by atoms with van der Waals surface area (Å²) in [6, 6.07) is 23.3. The topological polar surface area (TPSA) is 3.24 Å². The van der Waals surface area contributed by atoms with Gasteiger partial charge in [-0.25, -0.2) is 0 Å². The Morgan fingerprint density at radius 1 is 0.783 bits per heavy atom. The average Bonchev–Trinajstić information content (AvgIpc) is 2.56. The highest BCUT2D eigenvalue weighted by Crippen LogP contribution is 2.37. The highest BCUT2D eigenvalue weighted by Gasteiger charge is 2.26. The van der Waals surface area contributed by atoms with Crippen molar-refractivity contribution in [1.29, 1.82) is 0 Å². The fourth-order valence-corrected chi connectivity index (χ4v) is 5.79. The molecule has 1 atom stereocenters. The first-order valence-electron chi connectivity index (χ1n) is 8.60. The molecule has 2 aromatic carbocycles. The van der Waals surface area contributed by atoms with E-state index in [4.69, 9.17) is 0 Å². The van der Waals surface area contributed by atoms with Crippen molar-refractivity contribution in [2.75, 3.05) is 13.2 Å². The van der Waals surface area contributed by atoms with Crippen molar-refractivity contribution >= 4 is 18.5 Å². The second kappa shape index (κ2) is 8.62. The number of nitrogens with zero attached hydrogens (tertiary/aromatic N) is 1. The van der Waals surface area contributed by atoms with Gasteiger partial charge in [-0.2, -0.15) is 0 Å². The van der Waals surface area contributed by atoms with E-state index in [1.807, 2.05) is 0 Å². The van der Waals surface area contributed by atoms with Gasteiger partial charge in [0.2, 0.25) is 0 Å². The number of rotatable bonds is 7. The number of benzene rings is 2. The second-order valence-corrected chi connectivity index (χ2v) is 9.11. The predicted octanol–water partition coefficient (Wildman–Crippen LogP) is 4.48. The van der Waals surface area contributed by atoms with Gasteiger partial charge in [0, 0.05) is 12.1 Å². The van der Waals surface area contributed by atoms with Gasteiger partial charge in [0.05, 0.1) is 0 Å². The van der Waals surface area contributed by atoms with E-state index in [2.05, 4.69) is 100 Å². The van der Waals surface area contributed by atoms with Gasteiger partial charge in [-0.05, 0) is 51.5 Å². The molecular weight excluding hydrogens is 297 g/mol. The van der Waals surface area contributed by atoms with Gasteiger partial charge in [0.1, 0.15) is 0 Å². The standard InChI is InChI=1S/C21H30NP/c1-17(2)21(22(5)18(3)4)16-23(19-12-8-6-9-13-19)20-14-10-7-11-15-20/h6-15,17-18,21H,16H2,1-5H3/t21-/m1/s1. The lowest BCUT2D eigenvalue weighted by atomic mass is 10.0. The SMILES string of the molecule is CC(C)[C@@H](CP(c1ccccc1)c1ccccc1)N(C)C(C)C. The van der Waals surface area contributed by atoms with Gasteiger partial charge < -0.3 is 4.90 Å². The van der Waals surface area contributed by atoms with Crippen molar-refractivity contribution in [3.05, 3.63) is 60.7 Å². The lowest BCUT2D eigenvalue weighted by molar-refractivity contribution is 0.171. The third-order valence-corrected chi connectivity index (χ3v) is 7.19. The molecule has 0 aliphatic rings. The van der Waals surface area contributed by atoms with Crippen LogP contribution < -0.4 is 10.6 Å². The lowest BCUT2D eigenvalue weighted by Crippen LogP contribution is -2.43. The molecule has 0 bridgehead atoms. The molecule has 0 N–H and O–H groups in total. The van der Waals surface area contributed by atoms with Gasteiger partial charge in [0.15, 0.2) is 0 Å². The molecule has 2 aromatic rings. The molecule has 0 aliphatic carbocycles. The quantitative estimate of drug-likeness (QED) is 0.678. The number of hydrogen-bond donors (Lipinski definition) is 0. The van der Waals surface area contributed by atoms with Gasteiger partial charge in [0.25, 0.3) is 0 Å². The van der Waals surface area contributed by atoms with Crippen LogP contribution in [0.2, 0.25) is 0 Å². The molecule has 0 unspecified atom stereocenters. The normalized spacial score (nSPS) is 13.3. The molecule has 0 fully saturated rings. The Balaban J connectivity index is 2.34. The minimum absolute atomic E-state index is 0.322. The van der Waals surface area contributed by atoms with Crippen molar-refractivity contribution in [3.8, 4) is 0 Å². The van der Waals surface area contributed by atoms with Crippen LogP contribution in [-0.4, -0.2) is 30.2 Å². The zero-order valence-corrected chi connectivity index (χ0v) is 16.0. The number of hydrogen-bond acceptors (Lipinski definition) is 1. The molecule has 0 amide bonds. The van der Waals surface area contributed by atoms with Crippen LogP contribution in [0, 0.1) is 5.92 Å². The van der Waals surface area contributed by atoms with E-state index in [0.717, 1.165) is 0 Å². The summed E-state index contributed by atoms with van der Waals surface area (Å²) in [5.74, 6) is 0.653. The summed E-state index contributed by atoms with van der Waals surface area (Å²) in [6.45, 7) is 9.30. The fourth-order valence-electron chi connectivity index (χ4n) is 2.96. The minimum Gasteiger partial charge on any atom is -0.300 e. The van der Waals surface area contributed by atoms with Crippen LogP contribution in [0.25, 0.3) is 0 Å². The van der Waals surface area contributed by atoms with Crippen LogP contribution >= 0.6 is 7.92 Å². The van der Waals surface area contributed by atoms with Crippen molar-refractivity contribution in [2.45, 2.75) is 39.8 Å². The fraction of sp³-hybridized carbons (Fsp3) is 0.429. The third-order valence-electron chi connectivity index (χ3n) is 4.61. The Bertz CT molecular complexity index is 525. The first-order valence-corrected chi connectivity index (χ1v) is 10.1. The van der Waals surface area contributed by atoms with E-state index in [9.17, 15) is 0 Å². The largest absolute Gasteiger partial charge is 0.300 e. The Kier molecular flexibility index (Phi) is 6.81. The van der Waals surface area contributed by atoms with Gasteiger partial charge in [-0.15, -0.1) is 0 Å². The summed E-state index contributed by atoms with van der Waals surface area (Å²) >= 11 is 0. The predicted molar refractivity (Wildman–Crippen MR) is 105 cm³/mol. The molecule has 23 heavy (non-hydrogen) atoms. The van der Waals surface area contributed by atoms with Crippen LogP contribution in [-0.2, 0) is 0 Å². The Hall–Kier alpha value is -1.17. The van der Waals surface area contributed by atoms with Crippen LogP contribution in [0.4, 0.5) is 0 Å². The van der Waals surface area contributed by atoms with E-state index in [-0.39, 0.29) is 7.92 Å². The summed E-state index contributed by atoms with van der Waals surface area (Å²) < 4.78 is 0. The molecular formula is C21H30NP. The minimum atomic E-state index is -0.322. The molecule has 0 radical (unpaired) electrons. The molecule has 2 heteroatoms. The van der Waals surface area contributed by atoms with E-state index in [1.54, 1.807) is 0 Å². The van der Waals surface area contributed by atoms with Crippen LogP contribution in [0.1, 0.15) is 27.7 Å². The van der Waals surface area contributed by atoms with Gasteiger partial charge in [-0.1, -0.05) is 74.5 Å². The maximum atomic E-state index is 2.55. The summed E-state index contributed by atoms with van der Waals surface area (Å²) in [5.41, 5.74) is 0. The maximum absolute atomic E-state index is 2.55. The zero-order valence-electron chi connectivity index (χ0n) is 15.1.